The number of hydrogen-bond donors (Lipinski definition) is 0. The maximum Gasteiger partial charge on any atom is 0.160 e. The minimum Gasteiger partial charge on any atom is -0.483 e. The molecule has 0 N–H and O–H groups in total. The van der Waals surface area contributed by atoms with E-state index in [9.17, 15) is 4.79 Å². The average Bonchev–Trinajstić information content (AvgIpc) is 2.17. The molecule has 0 radical (unpaired) electrons. The van der Waals surface area contributed by atoms with Gasteiger partial charge in [-0.3, -0.25) is 4.79 Å². The van der Waals surface area contributed by atoms with Crippen molar-refractivity contribution < 1.29 is 9.53 Å². The normalized spacial score (nSPS) is 20.2. The molecular formula is C10H9IO2. The van der Waals surface area contributed by atoms with Crippen LogP contribution in [0.1, 0.15) is 12.0 Å². The van der Waals surface area contributed by atoms with Crippen LogP contribution in [0.15, 0.2) is 18.2 Å². The molecule has 0 aliphatic carbocycles. The highest BCUT2D eigenvalue weighted by Crippen LogP contribution is 2.28. The van der Waals surface area contributed by atoms with Gasteiger partial charge in [-0.25, -0.2) is 0 Å². The molecule has 0 spiro atoms. The topological polar surface area (TPSA) is 26.3 Å². The summed E-state index contributed by atoms with van der Waals surface area (Å²) in [4.78, 5) is 10.5. The number of halogens is 1. The van der Waals surface area contributed by atoms with E-state index in [0.29, 0.717) is 0 Å². The summed E-state index contributed by atoms with van der Waals surface area (Å²) < 4.78 is 6.68. The maximum atomic E-state index is 10.5. The van der Waals surface area contributed by atoms with Gasteiger partial charge in [-0.15, -0.1) is 0 Å². The van der Waals surface area contributed by atoms with E-state index < -0.39 is 0 Å². The Morgan fingerprint density at radius 3 is 3.15 bits per heavy atom. The third-order valence-corrected chi connectivity index (χ3v) is 2.82. The summed E-state index contributed by atoms with van der Waals surface area (Å²) in [6.07, 6.45) is 2.38. The van der Waals surface area contributed by atoms with Crippen LogP contribution < -0.4 is 4.74 Å². The molecule has 3 heteroatoms. The number of fused-ring (bicyclic) bond motifs is 1. The lowest BCUT2D eigenvalue weighted by molar-refractivity contribution is -0.114. The van der Waals surface area contributed by atoms with E-state index in [2.05, 4.69) is 28.7 Å². The number of aryl methyl sites for hydroxylation is 1. The van der Waals surface area contributed by atoms with Crippen LogP contribution in [0.2, 0.25) is 0 Å². The van der Waals surface area contributed by atoms with Gasteiger partial charge in [0, 0.05) is 3.57 Å². The largest absolute Gasteiger partial charge is 0.483 e. The summed E-state index contributed by atoms with van der Waals surface area (Å²) in [7, 11) is 0. The number of benzene rings is 1. The zero-order chi connectivity index (χ0) is 9.26. The predicted molar refractivity (Wildman–Crippen MR) is 58.0 cm³/mol. The summed E-state index contributed by atoms with van der Waals surface area (Å²) in [5, 5.41) is 0. The molecule has 1 heterocycles. The Kier molecular flexibility index (Phi) is 2.53. The van der Waals surface area contributed by atoms with Crippen molar-refractivity contribution in [2.45, 2.75) is 18.9 Å². The summed E-state index contributed by atoms with van der Waals surface area (Å²) in [6, 6.07) is 6.04. The Hall–Kier alpha value is -0.580. The standard InChI is InChI=1S/C10H9IO2/c11-8-2-4-10-7(5-8)1-3-9(6-12)13-10/h2,4-6,9H,1,3H2. The van der Waals surface area contributed by atoms with E-state index in [-0.39, 0.29) is 6.10 Å². The van der Waals surface area contributed by atoms with Crippen LogP contribution in [0.25, 0.3) is 0 Å². The van der Waals surface area contributed by atoms with Gasteiger partial charge in [0.2, 0.25) is 0 Å². The molecule has 0 amide bonds. The summed E-state index contributed by atoms with van der Waals surface area (Å²) >= 11 is 2.28. The molecule has 13 heavy (non-hydrogen) atoms. The van der Waals surface area contributed by atoms with Gasteiger partial charge in [0.15, 0.2) is 12.4 Å². The number of rotatable bonds is 1. The van der Waals surface area contributed by atoms with Gasteiger partial charge in [0.25, 0.3) is 0 Å². The van der Waals surface area contributed by atoms with Crippen molar-refractivity contribution in [2.24, 2.45) is 0 Å². The second-order valence-corrected chi connectivity index (χ2v) is 4.33. The van der Waals surface area contributed by atoms with Crippen molar-refractivity contribution >= 4 is 28.9 Å². The van der Waals surface area contributed by atoms with Crippen LogP contribution in [0.3, 0.4) is 0 Å². The van der Waals surface area contributed by atoms with Crippen molar-refractivity contribution in [1.82, 2.24) is 0 Å². The van der Waals surface area contributed by atoms with Gasteiger partial charge < -0.3 is 4.74 Å². The Balaban J connectivity index is 2.31. The summed E-state index contributed by atoms with van der Waals surface area (Å²) in [5.41, 5.74) is 1.21. The molecule has 68 valence electrons. The Bertz CT molecular complexity index is 336. The molecule has 2 rings (SSSR count). The van der Waals surface area contributed by atoms with Crippen LogP contribution in [-0.4, -0.2) is 12.4 Å². The maximum absolute atomic E-state index is 10.5. The lowest BCUT2D eigenvalue weighted by atomic mass is 10.0. The first-order valence-corrected chi connectivity index (χ1v) is 5.28. The molecule has 0 fully saturated rings. The third-order valence-electron chi connectivity index (χ3n) is 2.15. The molecule has 1 aromatic rings. The number of ether oxygens (including phenoxy) is 1. The van der Waals surface area contributed by atoms with E-state index in [1.807, 2.05) is 12.1 Å². The molecule has 0 bridgehead atoms. The highest BCUT2D eigenvalue weighted by molar-refractivity contribution is 14.1. The Labute approximate surface area is 90.4 Å². The number of carbonyl (C=O) groups excluding carboxylic acids is 1. The van der Waals surface area contributed by atoms with Gasteiger partial charge in [-0.05, 0) is 59.2 Å². The molecule has 0 aromatic heterocycles. The first-order valence-electron chi connectivity index (χ1n) is 4.20. The fourth-order valence-electron chi connectivity index (χ4n) is 1.47. The zero-order valence-corrected chi connectivity index (χ0v) is 9.15. The monoisotopic (exact) mass is 288 g/mol. The average molecular weight is 288 g/mol. The van der Waals surface area contributed by atoms with Gasteiger partial charge in [-0.1, -0.05) is 0 Å². The van der Waals surface area contributed by atoms with E-state index in [1.54, 1.807) is 0 Å². The van der Waals surface area contributed by atoms with Gasteiger partial charge >= 0.3 is 0 Å². The highest BCUT2D eigenvalue weighted by atomic mass is 127. The minimum atomic E-state index is -0.243. The van der Waals surface area contributed by atoms with Crippen molar-refractivity contribution in [3.05, 3.63) is 27.3 Å². The smallest absolute Gasteiger partial charge is 0.160 e. The van der Waals surface area contributed by atoms with Crippen LogP contribution >= 0.6 is 22.6 Å². The second kappa shape index (κ2) is 3.65. The molecule has 0 saturated heterocycles. The van der Waals surface area contributed by atoms with Crippen molar-refractivity contribution in [3.8, 4) is 5.75 Å². The van der Waals surface area contributed by atoms with Crippen molar-refractivity contribution in [3.63, 3.8) is 0 Å². The lowest BCUT2D eigenvalue weighted by Gasteiger charge is -2.22. The highest BCUT2D eigenvalue weighted by Gasteiger charge is 2.18. The summed E-state index contributed by atoms with van der Waals surface area (Å²) in [6.45, 7) is 0. The molecule has 1 aromatic carbocycles. The number of hydrogen-bond acceptors (Lipinski definition) is 2. The third kappa shape index (κ3) is 1.85. The van der Waals surface area contributed by atoms with Gasteiger partial charge in [0.05, 0.1) is 0 Å². The SMILES string of the molecule is O=CC1CCc2cc(I)ccc2O1. The first-order chi connectivity index (χ1) is 6.29. The quantitative estimate of drug-likeness (QED) is 0.585. The molecule has 1 unspecified atom stereocenters. The lowest BCUT2D eigenvalue weighted by Crippen LogP contribution is -2.23. The predicted octanol–water partition coefficient (Wildman–Crippen LogP) is 2.18. The fourth-order valence-corrected chi connectivity index (χ4v) is 2.03. The molecule has 2 nitrogen and oxygen atoms in total. The van der Waals surface area contributed by atoms with Crippen LogP contribution in [0, 0.1) is 3.57 Å². The van der Waals surface area contributed by atoms with E-state index in [0.717, 1.165) is 24.9 Å². The minimum absolute atomic E-state index is 0.243. The first kappa shape index (κ1) is 8.99. The fraction of sp³-hybridized carbons (Fsp3) is 0.300. The molecule has 1 aliphatic rings. The number of carbonyl (C=O) groups is 1. The van der Waals surface area contributed by atoms with Gasteiger partial charge in [-0.2, -0.15) is 0 Å². The Morgan fingerprint density at radius 1 is 1.54 bits per heavy atom. The molecular weight excluding hydrogens is 279 g/mol. The van der Waals surface area contributed by atoms with E-state index >= 15 is 0 Å². The van der Waals surface area contributed by atoms with E-state index in [1.165, 1.54) is 9.13 Å². The summed E-state index contributed by atoms with van der Waals surface area (Å²) in [5.74, 6) is 0.865. The molecule has 0 saturated carbocycles. The van der Waals surface area contributed by atoms with Gasteiger partial charge in [0.1, 0.15) is 5.75 Å². The molecule has 1 aliphatic heterocycles. The van der Waals surface area contributed by atoms with Crippen molar-refractivity contribution in [1.29, 1.82) is 0 Å². The zero-order valence-electron chi connectivity index (χ0n) is 7.00. The van der Waals surface area contributed by atoms with Crippen LogP contribution in [0.5, 0.6) is 5.75 Å². The van der Waals surface area contributed by atoms with Crippen LogP contribution in [0.4, 0.5) is 0 Å². The second-order valence-electron chi connectivity index (χ2n) is 3.08. The number of aldehydes is 1. The Morgan fingerprint density at radius 2 is 2.38 bits per heavy atom. The van der Waals surface area contributed by atoms with Crippen molar-refractivity contribution in [2.75, 3.05) is 0 Å². The molecule has 1 atom stereocenters. The van der Waals surface area contributed by atoms with Crippen LogP contribution in [-0.2, 0) is 11.2 Å². The van der Waals surface area contributed by atoms with E-state index in [4.69, 9.17) is 4.74 Å².